The van der Waals surface area contributed by atoms with Crippen molar-refractivity contribution in [1.82, 2.24) is 18.3 Å². The van der Waals surface area contributed by atoms with Crippen LogP contribution in [-0.4, -0.2) is 66.6 Å². The van der Waals surface area contributed by atoms with Gasteiger partial charge in [0.1, 0.15) is 0 Å². The molecule has 0 unspecified atom stereocenters. The average molecular weight is 1450 g/mol. The number of carboxylic acids is 2. The number of ether oxygens (including phenoxy) is 2. The minimum atomic E-state index is -0.854. The van der Waals surface area contributed by atoms with E-state index >= 15 is 0 Å². The molecule has 12 aromatic rings. The third kappa shape index (κ3) is 13.4. The summed E-state index contributed by atoms with van der Waals surface area (Å²) >= 11 is 0. The van der Waals surface area contributed by atoms with Gasteiger partial charge in [-0.15, -0.1) is 0 Å². The van der Waals surface area contributed by atoms with Crippen LogP contribution in [0.4, 0.5) is 0 Å². The Morgan fingerprint density at radius 3 is 1.19 bits per heavy atom. The topological polar surface area (TPSA) is 147 Å². The number of fused-ring (bicyclic) bond motifs is 20. The molecule has 4 saturated carbocycles. The number of nitrogens with zero attached hydrogens (tertiary/aromatic N) is 4. The van der Waals surface area contributed by atoms with E-state index in [0.29, 0.717) is 45.9 Å². The van der Waals surface area contributed by atoms with Gasteiger partial charge in [0.2, 0.25) is 0 Å². The lowest BCUT2D eigenvalue weighted by Gasteiger charge is -2.24. The van der Waals surface area contributed by atoms with E-state index in [4.69, 9.17) is 9.47 Å². The SMILES string of the molecule is COC(=O)c1ccc2c(C3CCCCC3)c3n(c2c1)CC=Cc1ccccc1-3.COC(=O)c1ccc2c(C3CCCCC3)c3n(c2c1)CCCc1cc(C)ccc1-3.O=C(O)c1ccc2c(C3CCCCC3)c3n(c2c1)CCCc1ccccc1-3.O=C(O)c1ccc2c(C3CCCCC3)c3n(c2c1)Cc1ccccc1-3. The molecule has 0 radical (unpaired) electrons. The molecule has 0 saturated heterocycles. The maximum Gasteiger partial charge on any atom is 0.337 e. The second-order valence-electron chi connectivity index (χ2n) is 32.1. The lowest BCUT2D eigenvalue weighted by atomic mass is 9.81. The molecule has 2 N–H and O–H groups in total. The van der Waals surface area contributed by atoms with Crippen LogP contribution in [0.2, 0.25) is 0 Å². The number of allylic oxidation sites excluding steroid dienone is 1. The van der Waals surface area contributed by atoms with Crippen molar-refractivity contribution in [3.8, 4) is 45.0 Å². The molecular formula is C97H100N4O8. The van der Waals surface area contributed by atoms with E-state index in [2.05, 4.69) is 153 Å². The molecule has 8 heterocycles. The van der Waals surface area contributed by atoms with Crippen LogP contribution in [0, 0.1) is 6.92 Å². The molecule has 0 spiro atoms. The Balaban J connectivity index is 0.000000106. The minimum absolute atomic E-state index is 0.258. The fourth-order valence-corrected chi connectivity index (χ4v) is 20.6. The van der Waals surface area contributed by atoms with E-state index in [-0.39, 0.29) is 11.9 Å². The third-order valence-corrected chi connectivity index (χ3v) is 25.7. The summed E-state index contributed by atoms with van der Waals surface area (Å²) in [6.07, 6.45) is 34.7. The molecule has 4 fully saturated rings. The summed E-state index contributed by atoms with van der Waals surface area (Å²) in [6.45, 7) is 5.80. The summed E-state index contributed by atoms with van der Waals surface area (Å²) in [7, 11) is 2.90. The molecule has 8 aliphatic rings. The van der Waals surface area contributed by atoms with Gasteiger partial charge in [0.05, 0.1) is 59.2 Å². The first-order valence-electron chi connectivity index (χ1n) is 40.7. The van der Waals surface area contributed by atoms with Crippen molar-refractivity contribution < 1.29 is 38.9 Å². The molecule has 0 amide bonds. The highest BCUT2D eigenvalue weighted by Gasteiger charge is 2.35. The van der Waals surface area contributed by atoms with Crippen LogP contribution in [0.1, 0.15) is 256 Å². The molecule has 0 bridgehead atoms. The number of carbonyl (C=O) groups is 4. The highest BCUT2D eigenvalue weighted by molar-refractivity contribution is 6.03. The van der Waals surface area contributed by atoms with E-state index in [0.717, 1.165) is 68.4 Å². The third-order valence-electron chi connectivity index (χ3n) is 25.7. The van der Waals surface area contributed by atoms with E-state index in [1.165, 1.54) is 265 Å². The van der Waals surface area contributed by atoms with Gasteiger partial charge in [0.15, 0.2) is 0 Å². The number of hydrogen-bond acceptors (Lipinski definition) is 6. The van der Waals surface area contributed by atoms with Crippen molar-refractivity contribution in [2.24, 2.45) is 0 Å². The predicted molar refractivity (Wildman–Crippen MR) is 439 cm³/mol. The molecule has 4 aromatic heterocycles. The zero-order valence-corrected chi connectivity index (χ0v) is 63.5. The van der Waals surface area contributed by atoms with Gasteiger partial charge in [-0.25, -0.2) is 19.2 Å². The van der Waals surface area contributed by atoms with Crippen LogP contribution < -0.4 is 0 Å². The lowest BCUT2D eigenvalue weighted by Crippen LogP contribution is -2.07. The molecule has 4 aliphatic carbocycles. The summed E-state index contributed by atoms with van der Waals surface area (Å²) in [5, 5.41) is 24.1. The lowest BCUT2D eigenvalue weighted by molar-refractivity contribution is 0.0592. The number of aromatic nitrogens is 4. The van der Waals surface area contributed by atoms with Crippen molar-refractivity contribution in [3.05, 3.63) is 242 Å². The van der Waals surface area contributed by atoms with Crippen molar-refractivity contribution in [3.63, 3.8) is 0 Å². The van der Waals surface area contributed by atoms with Gasteiger partial charge in [0, 0.05) is 92.0 Å². The number of benzene rings is 8. The number of methoxy groups -OCH3 is 2. The fourth-order valence-electron chi connectivity index (χ4n) is 20.6. The molecule has 109 heavy (non-hydrogen) atoms. The predicted octanol–water partition coefficient (Wildman–Crippen LogP) is 24.0. The second kappa shape index (κ2) is 30.9. The number of rotatable bonds is 8. The number of aromatic carboxylic acids is 2. The maximum absolute atomic E-state index is 12.2. The molecule has 8 aromatic carbocycles. The fraction of sp³-hybridized carbons (Fsp3) is 0.361. The van der Waals surface area contributed by atoms with Gasteiger partial charge in [-0.05, 0) is 201 Å². The molecule has 12 nitrogen and oxygen atoms in total. The maximum atomic E-state index is 12.2. The quantitative estimate of drug-likeness (QED) is 0.143. The van der Waals surface area contributed by atoms with E-state index < -0.39 is 11.9 Å². The molecule has 20 rings (SSSR count). The molecule has 0 atom stereocenters. The first-order valence-corrected chi connectivity index (χ1v) is 40.7. The number of carboxylic acid groups (broad SMARTS) is 2. The normalized spacial score (nSPS) is 16.9. The Morgan fingerprint density at radius 1 is 0.358 bits per heavy atom. The highest BCUT2D eigenvalue weighted by atomic mass is 16.5. The molecule has 12 heteroatoms. The van der Waals surface area contributed by atoms with E-state index in [1.807, 2.05) is 36.4 Å². The van der Waals surface area contributed by atoms with Crippen LogP contribution in [0.15, 0.2) is 170 Å². The highest BCUT2D eigenvalue weighted by Crippen LogP contribution is 2.52. The summed E-state index contributed by atoms with van der Waals surface area (Å²) in [5.74, 6) is 0.135. The Labute approximate surface area is 639 Å². The summed E-state index contributed by atoms with van der Waals surface area (Å²) in [5.41, 5.74) is 30.1. The number of esters is 2. The Bertz CT molecular complexity index is 5550. The molecule has 4 aliphatic heterocycles. The zero-order valence-electron chi connectivity index (χ0n) is 63.5. The van der Waals surface area contributed by atoms with Crippen molar-refractivity contribution in [1.29, 1.82) is 0 Å². The standard InChI is InChI=1S/C26H29NO2.C25H25NO2.C24H25NO2.C22H21NO2/c1-17-10-12-21-19(15-17)9-6-14-27-23-16-20(26(28)29-2)11-13-22(23)24(25(21)27)18-7-4-3-5-8-18;1-28-25(27)19-13-14-21-22(16-19)26-15-7-11-17-8-5-6-12-20(17)24(26)23(21)18-9-3-2-4-10-18;26-24(27)18-12-13-20-21(15-18)25-14-6-10-16-7-4-5-11-19(16)23(25)22(20)17-8-2-1-3-9-17;24-22(25)15-10-11-18-19(12-15)23-13-16-8-4-5-9-17(16)21(23)20(18)14-6-2-1-3-7-14/h10-13,15-16,18H,3-9,14H2,1-2H3;5-8,11-14,16,18H,2-4,9-10,15H2,1H3;4-5,7,11-13,15,17H,1-3,6,8-10,14H2,(H,26,27);4-5,8-12,14H,1-3,6-7,13H2,(H,24,25). The average Bonchev–Trinajstić information content (AvgIpc) is 1.58. The van der Waals surface area contributed by atoms with Gasteiger partial charge < -0.3 is 38.0 Å². The zero-order chi connectivity index (χ0) is 74.4. The van der Waals surface area contributed by atoms with Crippen LogP contribution in [-0.2, 0) is 48.5 Å². The monoisotopic (exact) mass is 1450 g/mol. The van der Waals surface area contributed by atoms with E-state index in [1.54, 1.807) is 12.1 Å². The minimum Gasteiger partial charge on any atom is -0.478 e. The Hall–Kier alpha value is -10.5. The largest absolute Gasteiger partial charge is 0.478 e. The smallest absolute Gasteiger partial charge is 0.337 e. The summed E-state index contributed by atoms with van der Waals surface area (Å²) in [4.78, 5) is 47.4. The van der Waals surface area contributed by atoms with Gasteiger partial charge in [-0.1, -0.05) is 210 Å². The summed E-state index contributed by atoms with van der Waals surface area (Å²) < 4.78 is 19.6. The van der Waals surface area contributed by atoms with Crippen molar-refractivity contribution in [2.75, 3.05) is 14.2 Å². The number of aryl methyl sites for hydroxylation is 5. The van der Waals surface area contributed by atoms with Gasteiger partial charge in [-0.3, -0.25) is 0 Å². The van der Waals surface area contributed by atoms with Crippen LogP contribution in [0.25, 0.3) is 94.7 Å². The second-order valence-corrected chi connectivity index (χ2v) is 32.1. The number of hydrogen-bond donors (Lipinski definition) is 2. The van der Waals surface area contributed by atoms with Crippen molar-refractivity contribution in [2.45, 2.75) is 211 Å². The van der Waals surface area contributed by atoms with Gasteiger partial charge >= 0.3 is 23.9 Å². The van der Waals surface area contributed by atoms with Crippen LogP contribution in [0.3, 0.4) is 0 Å². The van der Waals surface area contributed by atoms with Crippen LogP contribution >= 0.6 is 0 Å². The van der Waals surface area contributed by atoms with Crippen LogP contribution in [0.5, 0.6) is 0 Å². The van der Waals surface area contributed by atoms with Gasteiger partial charge in [-0.2, -0.15) is 0 Å². The summed E-state index contributed by atoms with van der Waals surface area (Å²) in [6, 6.07) is 56.7. The van der Waals surface area contributed by atoms with Crippen molar-refractivity contribution >= 4 is 73.6 Å². The van der Waals surface area contributed by atoms with Gasteiger partial charge in [0.25, 0.3) is 0 Å². The molecule has 556 valence electrons. The first-order chi connectivity index (χ1) is 53.4. The Morgan fingerprint density at radius 2 is 0.725 bits per heavy atom. The molecular weight excluding hydrogens is 1350 g/mol. The first kappa shape index (κ1) is 71.5. The van der Waals surface area contributed by atoms with E-state index in [9.17, 15) is 29.4 Å². The Kier molecular flexibility index (Phi) is 20.3. The number of carbonyl (C=O) groups excluding carboxylic acids is 2.